The lowest BCUT2D eigenvalue weighted by molar-refractivity contribution is -0.255. The summed E-state index contributed by atoms with van der Waals surface area (Å²) in [6, 6.07) is 17.0. The lowest BCUT2D eigenvalue weighted by atomic mass is 10.1. The molecule has 310 valence electrons. The number of rotatable bonds is 31. The van der Waals surface area contributed by atoms with Crippen LogP contribution in [0.4, 0.5) is 0 Å². The number of unbranched alkanes of at least 4 members (excludes halogenated alkanes) is 15. The molecule has 2 heterocycles. The van der Waals surface area contributed by atoms with Crippen molar-refractivity contribution in [3.63, 3.8) is 0 Å². The average Bonchev–Trinajstić information content (AvgIpc) is 3.92. The third kappa shape index (κ3) is 15.2. The molecule has 0 radical (unpaired) electrons. The number of carbonyl (C=O) groups is 3. The molecule has 0 atom stereocenters. The molecule has 2 aromatic heterocycles. The van der Waals surface area contributed by atoms with Crippen molar-refractivity contribution in [2.24, 2.45) is 0 Å². The quantitative estimate of drug-likeness (QED) is 0.0295. The van der Waals surface area contributed by atoms with Gasteiger partial charge in [-0.3, -0.25) is 9.59 Å². The maximum Gasteiger partial charge on any atom is 0.203 e. The fourth-order valence-corrected chi connectivity index (χ4v) is 6.85. The lowest BCUT2D eigenvalue weighted by Gasteiger charge is -2.19. The lowest BCUT2D eigenvalue weighted by Crippen LogP contribution is -2.21. The summed E-state index contributed by atoms with van der Waals surface area (Å²) in [5, 5.41) is 11.1. The second-order valence-corrected chi connectivity index (χ2v) is 15.1. The first kappa shape index (κ1) is 44.9. The highest BCUT2D eigenvalue weighted by atomic mass is 16.5. The van der Waals surface area contributed by atoms with Crippen LogP contribution >= 0.6 is 0 Å². The Morgan fingerprint density at radius 1 is 0.491 bits per heavy atom. The standard InChI is InChI=1S/C48H66N2O7/c1-4-7-10-13-16-19-30-55-45-33-38(34-46(56-31-20-17-14-11-8-5-2)47(45)57-32-21-18-15-12-9-6-3)40-27-29-42(50-40)44(52)35-43(51)41-28-26-39(49-41)36-22-24-37(25-23-36)48(53)54/h22-29,33-34,49-50H,4-21,30-32,35H2,1-3H3,(H,53,54)/p-1. The van der Waals surface area contributed by atoms with Gasteiger partial charge in [-0.1, -0.05) is 141 Å². The maximum atomic E-state index is 13.4. The monoisotopic (exact) mass is 781 g/mol. The molecule has 57 heavy (non-hydrogen) atoms. The Bertz CT molecular complexity index is 1750. The Hall–Kier alpha value is -4.79. The van der Waals surface area contributed by atoms with Crippen molar-refractivity contribution in [2.45, 2.75) is 143 Å². The van der Waals surface area contributed by atoms with E-state index in [0.717, 1.165) is 44.1 Å². The van der Waals surface area contributed by atoms with Gasteiger partial charge in [0.2, 0.25) is 5.75 Å². The highest BCUT2D eigenvalue weighted by molar-refractivity contribution is 6.12. The minimum atomic E-state index is -1.26. The van der Waals surface area contributed by atoms with E-state index in [1.807, 2.05) is 18.2 Å². The third-order valence-corrected chi connectivity index (χ3v) is 10.3. The van der Waals surface area contributed by atoms with Crippen LogP contribution in [0.3, 0.4) is 0 Å². The summed E-state index contributed by atoms with van der Waals surface area (Å²) in [5.41, 5.74) is 3.57. The summed E-state index contributed by atoms with van der Waals surface area (Å²) in [4.78, 5) is 44.0. The molecule has 0 bridgehead atoms. The number of hydrogen-bond donors (Lipinski definition) is 2. The number of aromatic amines is 2. The van der Waals surface area contributed by atoms with Gasteiger partial charge in [0.05, 0.1) is 43.6 Å². The van der Waals surface area contributed by atoms with Gasteiger partial charge in [0.25, 0.3) is 0 Å². The third-order valence-electron chi connectivity index (χ3n) is 10.3. The predicted octanol–water partition coefficient (Wildman–Crippen LogP) is 11.7. The van der Waals surface area contributed by atoms with Crippen molar-refractivity contribution in [1.29, 1.82) is 0 Å². The van der Waals surface area contributed by atoms with Crippen molar-refractivity contribution in [2.75, 3.05) is 19.8 Å². The fourth-order valence-electron chi connectivity index (χ4n) is 6.85. The zero-order valence-corrected chi connectivity index (χ0v) is 34.7. The van der Waals surface area contributed by atoms with Gasteiger partial charge in [0.1, 0.15) is 0 Å². The molecule has 0 aliphatic heterocycles. The molecule has 0 saturated carbocycles. The molecule has 0 aliphatic carbocycles. The highest BCUT2D eigenvalue weighted by Gasteiger charge is 2.20. The molecule has 0 aliphatic rings. The molecule has 2 aromatic carbocycles. The van der Waals surface area contributed by atoms with Gasteiger partial charge in [0, 0.05) is 17.0 Å². The normalized spacial score (nSPS) is 11.1. The number of ketones is 2. The van der Waals surface area contributed by atoms with Crippen LogP contribution in [0, 0.1) is 0 Å². The van der Waals surface area contributed by atoms with E-state index in [4.69, 9.17) is 14.2 Å². The van der Waals surface area contributed by atoms with Crippen molar-refractivity contribution in [3.8, 4) is 39.8 Å². The fraction of sp³-hybridized carbons (Fsp3) is 0.521. The Morgan fingerprint density at radius 2 is 0.895 bits per heavy atom. The number of benzene rings is 2. The van der Waals surface area contributed by atoms with Gasteiger partial charge in [-0.15, -0.1) is 0 Å². The Kier molecular flexibility index (Phi) is 20.1. The average molecular weight is 782 g/mol. The highest BCUT2D eigenvalue weighted by Crippen LogP contribution is 2.42. The summed E-state index contributed by atoms with van der Waals surface area (Å²) >= 11 is 0. The predicted molar refractivity (Wildman–Crippen MR) is 227 cm³/mol. The van der Waals surface area contributed by atoms with Crippen molar-refractivity contribution in [3.05, 3.63) is 77.6 Å². The molecule has 0 spiro atoms. The Balaban J connectivity index is 1.50. The number of carboxylic acids is 1. The molecule has 9 nitrogen and oxygen atoms in total. The van der Waals surface area contributed by atoms with E-state index in [1.54, 1.807) is 30.3 Å². The maximum absolute atomic E-state index is 13.4. The van der Waals surface area contributed by atoms with Gasteiger partial charge < -0.3 is 34.1 Å². The van der Waals surface area contributed by atoms with Crippen LogP contribution in [0.2, 0.25) is 0 Å². The first-order valence-electron chi connectivity index (χ1n) is 21.7. The zero-order valence-electron chi connectivity index (χ0n) is 34.7. The molecule has 2 N–H and O–H groups in total. The number of ether oxygens (including phenoxy) is 3. The smallest absolute Gasteiger partial charge is 0.203 e. The van der Waals surface area contributed by atoms with E-state index in [-0.39, 0.29) is 23.6 Å². The van der Waals surface area contributed by atoms with Crippen LogP contribution in [0.5, 0.6) is 17.2 Å². The zero-order chi connectivity index (χ0) is 40.7. The number of hydrogen-bond acceptors (Lipinski definition) is 7. The van der Waals surface area contributed by atoms with Crippen molar-refractivity contribution in [1.82, 2.24) is 9.97 Å². The molecule has 4 rings (SSSR count). The van der Waals surface area contributed by atoms with E-state index in [0.29, 0.717) is 65.4 Å². The van der Waals surface area contributed by atoms with E-state index < -0.39 is 5.97 Å². The first-order chi connectivity index (χ1) is 27.8. The van der Waals surface area contributed by atoms with Crippen molar-refractivity contribution < 1.29 is 33.7 Å². The summed E-state index contributed by atoms with van der Waals surface area (Å²) in [7, 11) is 0. The molecular formula is C48H65N2O7-. The van der Waals surface area contributed by atoms with Crippen LogP contribution < -0.4 is 19.3 Å². The number of Topliss-reactive ketones (excluding diaryl/α,β-unsaturated/α-hetero) is 2. The number of aromatic nitrogens is 2. The van der Waals surface area contributed by atoms with Gasteiger partial charge in [-0.05, 0) is 66.8 Å². The second kappa shape index (κ2) is 25.5. The molecule has 9 heteroatoms. The SMILES string of the molecule is CCCCCCCCOc1cc(-c2ccc(C(=O)CC(=O)c3ccc(-c4ccc(C(=O)[O-])cc4)[nH]3)[nH]2)cc(OCCCCCCCC)c1OCCCCCCCC. The van der Waals surface area contributed by atoms with Crippen molar-refractivity contribution >= 4 is 17.5 Å². The van der Waals surface area contributed by atoms with Gasteiger partial charge in [-0.25, -0.2) is 0 Å². The summed E-state index contributed by atoms with van der Waals surface area (Å²) < 4.78 is 19.4. The number of aromatic carboxylic acids is 1. The van der Waals surface area contributed by atoms with Crippen LogP contribution in [0.15, 0.2) is 60.7 Å². The summed E-state index contributed by atoms with van der Waals surface area (Å²) in [6.07, 6.45) is 20.6. The van der Waals surface area contributed by atoms with Gasteiger partial charge in [0.15, 0.2) is 23.1 Å². The number of H-pyrrole nitrogens is 2. The van der Waals surface area contributed by atoms with Crippen LogP contribution in [0.1, 0.15) is 174 Å². The van der Waals surface area contributed by atoms with E-state index >= 15 is 0 Å². The molecule has 0 fully saturated rings. The second-order valence-electron chi connectivity index (χ2n) is 15.1. The van der Waals surface area contributed by atoms with Crippen LogP contribution in [0.25, 0.3) is 22.5 Å². The number of carboxylic acid groups (broad SMARTS) is 1. The van der Waals surface area contributed by atoms with Gasteiger partial charge >= 0.3 is 0 Å². The molecular weight excluding hydrogens is 717 g/mol. The molecule has 4 aromatic rings. The Morgan fingerprint density at radius 3 is 1.33 bits per heavy atom. The Labute approximate surface area is 340 Å². The van der Waals surface area contributed by atoms with E-state index in [1.165, 1.54) is 89.2 Å². The molecule has 0 amide bonds. The van der Waals surface area contributed by atoms with Gasteiger partial charge in [-0.2, -0.15) is 0 Å². The topological polar surface area (TPSA) is 134 Å². The van der Waals surface area contributed by atoms with E-state index in [9.17, 15) is 19.5 Å². The minimum Gasteiger partial charge on any atom is -0.545 e. The number of nitrogens with one attached hydrogen (secondary N) is 2. The van der Waals surface area contributed by atoms with E-state index in [2.05, 4.69) is 30.7 Å². The van der Waals surface area contributed by atoms with Crippen LogP contribution in [-0.2, 0) is 0 Å². The molecule has 0 unspecified atom stereocenters. The molecule has 0 saturated heterocycles. The number of carbonyl (C=O) groups excluding carboxylic acids is 3. The first-order valence-corrected chi connectivity index (χ1v) is 21.7. The summed E-state index contributed by atoms with van der Waals surface area (Å²) in [6.45, 7) is 8.41. The largest absolute Gasteiger partial charge is 0.545 e. The summed E-state index contributed by atoms with van der Waals surface area (Å²) in [5.74, 6) is -0.0267. The van der Waals surface area contributed by atoms with Crippen LogP contribution in [-0.4, -0.2) is 47.3 Å². The minimum absolute atomic E-state index is 0.0686.